The quantitative estimate of drug-likeness (QED) is 0.840. The molecule has 2 aromatic heterocycles. The van der Waals surface area contributed by atoms with Crippen molar-refractivity contribution >= 4 is 11.3 Å². The maximum Gasteiger partial charge on any atom is 0.129 e. The fraction of sp³-hybridized carbons (Fsp3) is 0.333. The molecule has 3 nitrogen and oxygen atoms in total. The number of aliphatic hydroxyl groups is 1. The summed E-state index contributed by atoms with van der Waals surface area (Å²) in [6, 6.07) is 8.17. The summed E-state index contributed by atoms with van der Waals surface area (Å²) in [6.07, 6.45) is 0. The van der Waals surface area contributed by atoms with Gasteiger partial charge in [0.15, 0.2) is 0 Å². The van der Waals surface area contributed by atoms with E-state index < -0.39 is 0 Å². The van der Waals surface area contributed by atoms with E-state index in [4.69, 9.17) is 9.52 Å². The second kappa shape index (κ2) is 5.30. The summed E-state index contributed by atoms with van der Waals surface area (Å²) in [5.74, 6) is 1.47. The third kappa shape index (κ3) is 2.72. The molecule has 0 aromatic carbocycles. The predicted octanol–water partition coefficient (Wildman–Crippen LogP) is 2.68. The second-order valence-corrected chi connectivity index (χ2v) is 4.62. The molecule has 0 saturated heterocycles. The van der Waals surface area contributed by atoms with Gasteiger partial charge in [-0.25, -0.2) is 0 Å². The van der Waals surface area contributed by atoms with Crippen molar-refractivity contribution in [2.45, 2.75) is 26.1 Å². The normalized spacial score (nSPS) is 12.9. The van der Waals surface area contributed by atoms with Gasteiger partial charge in [0.25, 0.3) is 0 Å². The number of nitrogens with one attached hydrogen (secondary N) is 1. The topological polar surface area (TPSA) is 45.4 Å². The molecule has 0 radical (unpaired) electrons. The van der Waals surface area contributed by atoms with Crippen LogP contribution in [0.25, 0.3) is 0 Å². The molecule has 0 aliphatic heterocycles. The van der Waals surface area contributed by atoms with Gasteiger partial charge in [0.05, 0.1) is 6.54 Å². The fourth-order valence-electron chi connectivity index (χ4n) is 1.49. The molecule has 2 rings (SSSR count). The summed E-state index contributed by atoms with van der Waals surface area (Å²) in [4.78, 5) is 1.31. The number of thiophene rings is 1. The highest BCUT2D eigenvalue weighted by atomic mass is 32.1. The summed E-state index contributed by atoms with van der Waals surface area (Å²) in [5.41, 5.74) is 0. The summed E-state index contributed by atoms with van der Waals surface area (Å²) in [7, 11) is 0. The lowest BCUT2D eigenvalue weighted by molar-refractivity contribution is 0.242. The molecule has 0 spiro atoms. The minimum absolute atomic E-state index is 0.0412. The van der Waals surface area contributed by atoms with Gasteiger partial charge in [-0.1, -0.05) is 6.07 Å². The van der Waals surface area contributed by atoms with Crippen molar-refractivity contribution in [2.24, 2.45) is 0 Å². The van der Waals surface area contributed by atoms with E-state index in [0.29, 0.717) is 18.3 Å². The van der Waals surface area contributed by atoms with E-state index in [2.05, 4.69) is 29.8 Å². The first-order chi connectivity index (χ1) is 7.79. The Morgan fingerprint density at radius 3 is 2.81 bits per heavy atom. The third-order valence-corrected chi connectivity index (χ3v) is 3.48. The Kier molecular flexibility index (Phi) is 3.77. The first kappa shape index (κ1) is 11.4. The van der Waals surface area contributed by atoms with E-state index in [9.17, 15) is 0 Å². The molecule has 2 aromatic rings. The summed E-state index contributed by atoms with van der Waals surface area (Å²) in [6.45, 7) is 2.77. The molecule has 0 bridgehead atoms. The van der Waals surface area contributed by atoms with Crippen LogP contribution in [-0.2, 0) is 13.2 Å². The van der Waals surface area contributed by atoms with Crippen molar-refractivity contribution in [3.8, 4) is 0 Å². The van der Waals surface area contributed by atoms with Gasteiger partial charge in [-0.3, -0.25) is 0 Å². The summed E-state index contributed by atoms with van der Waals surface area (Å²) in [5, 5.41) is 14.3. The van der Waals surface area contributed by atoms with Crippen molar-refractivity contribution in [2.75, 3.05) is 0 Å². The van der Waals surface area contributed by atoms with Crippen LogP contribution in [0.3, 0.4) is 0 Å². The SMILES string of the molecule is C[C@H](NCc1ccc(CO)o1)c1cccs1. The maximum absolute atomic E-state index is 8.87. The molecule has 1 atom stereocenters. The first-order valence-electron chi connectivity index (χ1n) is 5.25. The molecule has 0 fully saturated rings. The minimum Gasteiger partial charge on any atom is -0.462 e. The standard InChI is InChI=1S/C12H15NO2S/c1-9(12-3-2-6-16-12)13-7-10-4-5-11(8-14)15-10/h2-6,9,13-14H,7-8H2,1H3/t9-/m0/s1. The van der Waals surface area contributed by atoms with Crippen LogP contribution in [0.1, 0.15) is 29.4 Å². The highest BCUT2D eigenvalue weighted by Crippen LogP contribution is 2.18. The molecule has 16 heavy (non-hydrogen) atoms. The smallest absolute Gasteiger partial charge is 0.129 e. The Hall–Kier alpha value is -1.10. The van der Waals surface area contributed by atoms with Crippen LogP contribution in [0.15, 0.2) is 34.1 Å². The summed E-state index contributed by atoms with van der Waals surface area (Å²) < 4.78 is 5.39. The molecule has 0 aliphatic rings. The van der Waals surface area contributed by atoms with Crippen LogP contribution in [0.5, 0.6) is 0 Å². The molecule has 2 N–H and O–H groups in total. The van der Waals surface area contributed by atoms with Gasteiger partial charge in [-0.15, -0.1) is 11.3 Å². The van der Waals surface area contributed by atoms with Crippen LogP contribution in [0.2, 0.25) is 0 Å². The van der Waals surface area contributed by atoms with Crippen molar-refractivity contribution in [3.63, 3.8) is 0 Å². The van der Waals surface area contributed by atoms with Crippen molar-refractivity contribution in [1.29, 1.82) is 0 Å². The van der Waals surface area contributed by atoms with Crippen LogP contribution in [-0.4, -0.2) is 5.11 Å². The Morgan fingerprint density at radius 2 is 2.19 bits per heavy atom. The van der Waals surface area contributed by atoms with Gasteiger partial charge in [-0.05, 0) is 30.5 Å². The van der Waals surface area contributed by atoms with Gasteiger partial charge in [0.2, 0.25) is 0 Å². The molecule has 0 amide bonds. The number of aliphatic hydroxyl groups excluding tert-OH is 1. The van der Waals surface area contributed by atoms with Gasteiger partial charge in [0, 0.05) is 10.9 Å². The third-order valence-electron chi connectivity index (χ3n) is 2.43. The molecule has 0 saturated carbocycles. The lowest BCUT2D eigenvalue weighted by atomic mass is 10.2. The minimum atomic E-state index is -0.0412. The van der Waals surface area contributed by atoms with Gasteiger partial charge in [0.1, 0.15) is 18.1 Å². The van der Waals surface area contributed by atoms with Crippen molar-refractivity contribution in [3.05, 3.63) is 46.0 Å². The van der Waals surface area contributed by atoms with Gasteiger partial charge in [-0.2, -0.15) is 0 Å². The monoisotopic (exact) mass is 237 g/mol. The van der Waals surface area contributed by atoms with Crippen LogP contribution < -0.4 is 5.32 Å². The Bertz CT molecular complexity index is 422. The van der Waals surface area contributed by atoms with Gasteiger partial charge < -0.3 is 14.8 Å². The average Bonchev–Trinajstić information content (AvgIpc) is 2.96. The van der Waals surface area contributed by atoms with Crippen LogP contribution >= 0.6 is 11.3 Å². The molecule has 86 valence electrons. The Balaban J connectivity index is 1.87. The van der Waals surface area contributed by atoms with Gasteiger partial charge >= 0.3 is 0 Å². The van der Waals surface area contributed by atoms with E-state index in [1.807, 2.05) is 6.07 Å². The predicted molar refractivity (Wildman–Crippen MR) is 64.2 cm³/mol. The molecule has 0 unspecified atom stereocenters. The van der Waals surface area contributed by atoms with Crippen LogP contribution in [0, 0.1) is 0 Å². The molecule has 4 heteroatoms. The number of hydrogen-bond acceptors (Lipinski definition) is 4. The maximum atomic E-state index is 8.87. The van der Waals surface area contributed by atoms with E-state index in [1.54, 1.807) is 17.4 Å². The zero-order valence-corrected chi connectivity index (χ0v) is 9.96. The number of hydrogen-bond donors (Lipinski definition) is 2. The highest BCUT2D eigenvalue weighted by molar-refractivity contribution is 7.10. The Morgan fingerprint density at radius 1 is 1.38 bits per heavy atom. The van der Waals surface area contributed by atoms with E-state index in [-0.39, 0.29) is 6.61 Å². The number of rotatable bonds is 5. The fourth-order valence-corrected chi connectivity index (χ4v) is 2.25. The lowest BCUT2D eigenvalue weighted by Gasteiger charge is -2.10. The first-order valence-corrected chi connectivity index (χ1v) is 6.13. The molecule has 2 heterocycles. The average molecular weight is 237 g/mol. The van der Waals surface area contributed by atoms with E-state index in [0.717, 1.165) is 5.76 Å². The highest BCUT2D eigenvalue weighted by Gasteiger charge is 2.07. The number of furan rings is 1. The Labute approximate surface area is 98.7 Å². The van der Waals surface area contributed by atoms with Crippen molar-refractivity contribution in [1.82, 2.24) is 5.32 Å². The zero-order valence-electron chi connectivity index (χ0n) is 9.14. The molecule has 0 aliphatic carbocycles. The second-order valence-electron chi connectivity index (χ2n) is 3.64. The van der Waals surface area contributed by atoms with E-state index >= 15 is 0 Å². The molecular weight excluding hydrogens is 222 g/mol. The van der Waals surface area contributed by atoms with Crippen LogP contribution in [0.4, 0.5) is 0 Å². The largest absolute Gasteiger partial charge is 0.462 e. The van der Waals surface area contributed by atoms with Crippen molar-refractivity contribution < 1.29 is 9.52 Å². The summed E-state index contributed by atoms with van der Waals surface area (Å²) >= 11 is 1.74. The molecular formula is C12H15NO2S. The van der Waals surface area contributed by atoms with E-state index in [1.165, 1.54) is 4.88 Å². The lowest BCUT2D eigenvalue weighted by Crippen LogP contribution is -2.16. The zero-order chi connectivity index (χ0) is 11.4.